The van der Waals surface area contributed by atoms with Crippen LogP contribution in [0, 0.1) is 0 Å². The summed E-state index contributed by atoms with van der Waals surface area (Å²) in [5.74, 6) is 0.449. The van der Waals surface area contributed by atoms with E-state index >= 15 is 0 Å². The molecule has 0 unspecified atom stereocenters. The van der Waals surface area contributed by atoms with Gasteiger partial charge in [0.05, 0.1) is 15.7 Å². The van der Waals surface area contributed by atoms with Crippen molar-refractivity contribution in [1.82, 2.24) is 25.1 Å². The molecule has 0 aliphatic carbocycles. The summed E-state index contributed by atoms with van der Waals surface area (Å²) in [6, 6.07) is 10.0. The summed E-state index contributed by atoms with van der Waals surface area (Å²) in [7, 11) is 1.54. The third-order valence-corrected chi connectivity index (χ3v) is 5.79. The summed E-state index contributed by atoms with van der Waals surface area (Å²) in [6.45, 7) is 1.90. The van der Waals surface area contributed by atoms with E-state index in [-0.39, 0.29) is 11.6 Å². The van der Waals surface area contributed by atoms with Crippen LogP contribution in [-0.2, 0) is 12.8 Å². The molecule has 170 valence electrons. The summed E-state index contributed by atoms with van der Waals surface area (Å²) in [5, 5.41) is 11.1. The fourth-order valence-electron chi connectivity index (χ4n) is 3.46. The number of hydrogen-bond donors (Lipinski definition) is 3. The van der Waals surface area contributed by atoms with Gasteiger partial charge in [0.25, 0.3) is 5.56 Å². The number of anilines is 1. The minimum Gasteiger partial charge on any atom is -0.341 e. The molecule has 4 rings (SSSR count). The minimum absolute atomic E-state index is 0.294. The average molecular weight is 506 g/mol. The number of nitrogens with zero attached hydrogens (tertiary/aromatic N) is 3. The molecule has 2 heterocycles. The standard InChI is InChI=1S/C22H19Cl3N6O2/c1-3-16-18-20(31(30-16)19-14(24)9-12(23)10-15(19)25)28-17(29-21(18)32)8-11-4-6-13(7-5-11)27-22(33)26-2/h4-7,9-10H,3,8H2,1-2H3,(H2,26,27,33)(H,28,29,32). The maximum absolute atomic E-state index is 13.0. The molecule has 4 aromatic rings. The minimum atomic E-state index is -0.307. The quantitative estimate of drug-likeness (QED) is 0.356. The van der Waals surface area contributed by atoms with E-state index in [0.717, 1.165) is 5.56 Å². The zero-order valence-electron chi connectivity index (χ0n) is 17.7. The number of carbonyl (C=O) groups excluding carboxylic acids is 1. The second kappa shape index (κ2) is 9.43. The number of nitrogens with one attached hydrogen (secondary N) is 3. The highest BCUT2D eigenvalue weighted by Crippen LogP contribution is 2.33. The number of aromatic amines is 1. The summed E-state index contributed by atoms with van der Waals surface area (Å²) >= 11 is 18.9. The largest absolute Gasteiger partial charge is 0.341 e. The van der Waals surface area contributed by atoms with Crippen molar-refractivity contribution in [2.45, 2.75) is 19.8 Å². The number of urea groups is 1. The molecule has 11 heteroatoms. The lowest BCUT2D eigenvalue weighted by Gasteiger charge is -2.09. The number of fused-ring (bicyclic) bond motifs is 1. The summed E-state index contributed by atoms with van der Waals surface area (Å²) < 4.78 is 1.49. The highest BCUT2D eigenvalue weighted by molar-refractivity contribution is 6.40. The molecular weight excluding hydrogens is 487 g/mol. The molecule has 0 saturated carbocycles. The van der Waals surface area contributed by atoms with Gasteiger partial charge in [-0.05, 0) is 36.2 Å². The van der Waals surface area contributed by atoms with Crippen LogP contribution in [0.25, 0.3) is 16.7 Å². The summed E-state index contributed by atoms with van der Waals surface area (Å²) in [5.41, 5.74) is 2.59. The molecule has 0 aliphatic heterocycles. The van der Waals surface area contributed by atoms with Crippen LogP contribution in [0.1, 0.15) is 24.0 Å². The van der Waals surface area contributed by atoms with Crippen LogP contribution in [0.2, 0.25) is 15.1 Å². The Morgan fingerprint density at radius 1 is 1.12 bits per heavy atom. The van der Waals surface area contributed by atoms with Crippen LogP contribution >= 0.6 is 34.8 Å². The predicted octanol–water partition coefficient (Wildman–Crippen LogP) is 4.97. The molecule has 0 atom stereocenters. The lowest BCUT2D eigenvalue weighted by atomic mass is 10.1. The second-order valence-electron chi connectivity index (χ2n) is 7.22. The van der Waals surface area contributed by atoms with E-state index in [4.69, 9.17) is 34.8 Å². The van der Waals surface area contributed by atoms with E-state index in [2.05, 4.69) is 25.7 Å². The van der Waals surface area contributed by atoms with Gasteiger partial charge < -0.3 is 15.6 Å². The van der Waals surface area contributed by atoms with Crippen LogP contribution in [-0.4, -0.2) is 32.8 Å². The van der Waals surface area contributed by atoms with Crippen molar-refractivity contribution in [3.63, 3.8) is 0 Å². The van der Waals surface area contributed by atoms with E-state index in [9.17, 15) is 9.59 Å². The van der Waals surface area contributed by atoms with Crippen LogP contribution in [0.4, 0.5) is 10.5 Å². The van der Waals surface area contributed by atoms with Gasteiger partial charge in [-0.25, -0.2) is 14.5 Å². The lowest BCUT2D eigenvalue weighted by molar-refractivity contribution is 0.254. The van der Waals surface area contributed by atoms with Crippen molar-refractivity contribution in [3.8, 4) is 5.69 Å². The van der Waals surface area contributed by atoms with Crippen molar-refractivity contribution < 1.29 is 4.79 Å². The van der Waals surface area contributed by atoms with Gasteiger partial charge in [0.2, 0.25) is 0 Å². The number of amides is 2. The van der Waals surface area contributed by atoms with Crippen LogP contribution in [0.5, 0.6) is 0 Å². The Labute approximate surface area is 203 Å². The number of H-pyrrole nitrogens is 1. The number of hydrogen-bond acceptors (Lipinski definition) is 4. The second-order valence-corrected chi connectivity index (χ2v) is 8.47. The number of rotatable bonds is 5. The predicted molar refractivity (Wildman–Crippen MR) is 131 cm³/mol. The number of halogens is 3. The van der Waals surface area contributed by atoms with Gasteiger partial charge in [0.15, 0.2) is 5.65 Å². The smallest absolute Gasteiger partial charge is 0.318 e. The molecular formula is C22H19Cl3N6O2. The van der Waals surface area contributed by atoms with Gasteiger partial charge in [-0.2, -0.15) is 5.10 Å². The zero-order chi connectivity index (χ0) is 23.7. The summed E-state index contributed by atoms with van der Waals surface area (Å²) in [6.07, 6.45) is 0.885. The molecule has 0 spiro atoms. The van der Waals surface area contributed by atoms with Gasteiger partial charge in [-0.3, -0.25) is 4.79 Å². The molecule has 0 aliphatic rings. The molecule has 8 nitrogen and oxygen atoms in total. The molecule has 2 aromatic carbocycles. The Kier molecular flexibility index (Phi) is 6.60. The fourth-order valence-corrected chi connectivity index (χ4v) is 4.43. The van der Waals surface area contributed by atoms with Gasteiger partial charge in [0, 0.05) is 24.2 Å². The van der Waals surface area contributed by atoms with E-state index < -0.39 is 0 Å². The van der Waals surface area contributed by atoms with Crippen molar-refractivity contribution in [1.29, 1.82) is 0 Å². The monoisotopic (exact) mass is 504 g/mol. The SMILES string of the molecule is CCc1nn(-c2c(Cl)cc(Cl)cc2Cl)c2nc(Cc3ccc(NC(=O)NC)cc3)[nH]c(=O)c12. The van der Waals surface area contributed by atoms with Gasteiger partial charge in [-0.15, -0.1) is 0 Å². The normalized spacial score (nSPS) is 11.1. The Morgan fingerprint density at radius 3 is 2.39 bits per heavy atom. The average Bonchev–Trinajstić information content (AvgIpc) is 3.13. The first-order valence-electron chi connectivity index (χ1n) is 10.0. The number of benzene rings is 2. The van der Waals surface area contributed by atoms with Crippen LogP contribution < -0.4 is 16.2 Å². The third-order valence-electron chi connectivity index (χ3n) is 5.00. The maximum atomic E-state index is 13.0. The van der Waals surface area contributed by atoms with Crippen molar-refractivity contribution >= 4 is 57.6 Å². The molecule has 33 heavy (non-hydrogen) atoms. The Hall–Kier alpha value is -3.07. The van der Waals surface area contributed by atoms with Gasteiger partial charge >= 0.3 is 6.03 Å². The van der Waals surface area contributed by atoms with E-state index in [1.54, 1.807) is 31.3 Å². The number of aryl methyl sites for hydroxylation is 1. The topological polar surface area (TPSA) is 105 Å². The fraction of sp³-hybridized carbons (Fsp3) is 0.182. The molecule has 2 amide bonds. The molecule has 0 radical (unpaired) electrons. The van der Waals surface area contributed by atoms with Gasteiger partial charge in [0.1, 0.15) is 16.9 Å². The number of carbonyl (C=O) groups is 1. The van der Waals surface area contributed by atoms with Crippen molar-refractivity contribution in [2.75, 3.05) is 12.4 Å². The summed E-state index contributed by atoms with van der Waals surface area (Å²) in [4.78, 5) is 31.9. The highest BCUT2D eigenvalue weighted by atomic mass is 35.5. The first-order chi connectivity index (χ1) is 15.8. The molecule has 0 bridgehead atoms. The van der Waals surface area contributed by atoms with Crippen LogP contribution in [0.15, 0.2) is 41.2 Å². The molecule has 0 saturated heterocycles. The molecule has 0 fully saturated rings. The number of aromatic nitrogens is 4. The van der Waals surface area contributed by atoms with Crippen molar-refractivity contribution in [3.05, 3.63) is 78.9 Å². The van der Waals surface area contributed by atoms with Crippen molar-refractivity contribution in [2.24, 2.45) is 0 Å². The maximum Gasteiger partial charge on any atom is 0.318 e. The lowest BCUT2D eigenvalue weighted by Crippen LogP contribution is -2.24. The first-order valence-corrected chi connectivity index (χ1v) is 11.2. The Balaban J connectivity index is 1.77. The van der Waals surface area contributed by atoms with Gasteiger partial charge in [-0.1, -0.05) is 53.9 Å². The van der Waals surface area contributed by atoms with E-state index in [1.165, 1.54) is 4.68 Å². The van der Waals surface area contributed by atoms with E-state index in [1.807, 2.05) is 19.1 Å². The Morgan fingerprint density at radius 2 is 1.79 bits per heavy atom. The Bertz CT molecular complexity index is 1390. The molecule has 2 aromatic heterocycles. The third kappa shape index (κ3) is 4.68. The first kappa shape index (κ1) is 23.1. The zero-order valence-corrected chi connectivity index (χ0v) is 19.9. The molecule has 3 N–H and O–H groups in total. The van der Waals surface area contributed by atoms with E-state index in [0.29, 0.717) is 61.8 Å². The highest BCUT2D eigenvalue weighted by Gasteiger charge is 2.20. The van der Waals surface area contributed by atoms with Crippen LogP contribution in [0.3, 0.4) is 0 Å².